The van der Waals surface area contributed by atoms with E-state index in [1.165, 1.54) is 18.9 Å². The van der Waals surface area contributed by atoms with E-state index in [4.69, 9.17) is 27.9 Å². The summed E-state index contributed by atoms with van der Waals surface area (Å²) < 4.78 is 7.11. The van der Waals surface area contributed by atoms with Gasteiger partial charge < -0.3 is 19.9 Å². The highest BCUT2D eigenvalue weighted by molar-refractivity contribution is 7.99. The maximum atomic E-state index is 12.9. The molecule has 190 valence electrons. The van der Waals surface area contributed by atoms with Crippen LogP contribution in [0, 0.1) is 5.92 Å². The SMILES string of the molecule is C=CCn1c(SCC(=O)Nc2cc(Cl)ccc2OC)nnc1[C@@H](NC(=O)c1ccccc1Cl)C(C)C. The Morgan fingerprint density at radius 1 is 1.19 bits per heavy atom. The number of halogens is 2. The number of methoxy groups -OCH3 is 1. The zero-order chi connectivity index (χ0) is 26.2. The van der Waals surface area contributed by atoms with E-state index in [1.54, 1.807) is 48.5 Å². The summed E-state index contributed by atoms with van der Waals surface area (Å²) in [6.07, 6.45) is 1.71. The molecule has 0 saturated heterocycles. The average molecular weight is 548 g/mol. The van der Waals surface area contributed by atoms with Crippen molar-refractivity contribution in [1.29, 1.82) is 0 Å². The molecule has 1 heterocycles. The first-order valence-corrected chi connectivity index (χ1v) is 12.8. The van der Waals surface area contributed by atoms with E-state index in [9.17, 15) is 9.59 Å². The zero-order valence-electron chi connectivity index (χ0n) is 20.1. The third-order valence-corrected chi connectivity index (χ3v) is 6.71. The number of hydrogen-bond acceptors (Lipinski definition) is 6. The van der Waals surface area contributed by atoms with E-state index in [2.05, 4.69) is 27.4 Å². The van der Waals surface area contributed by atoms with Crippen molar-refractivity contribution in [2.75, 3.05) is 18.2 Å². The fourth-order valence-electron chi connectivity index (χ4n) is 3.43. The Hall–Kier alpha value is -3.01. The maximum absolute atomic E-state index is 12.9. The Kier molecular flexibility index (Phi) is 9.81. The summed E-state index contributed by atoms with van der Waals surface area (Å²) >= 11 is 13.5. The fraction of sp³-hybridized carbons (Fsp3) is 0.280. The molecule has 0 saturated carbocycles. The summed E-state index contributed by atoms with van der Waals surface area (Å²) in [5.41, 5.74) is 0.855. The van der Waals surface area contributed by atoms with Crippen LogP contribution in [0.1, 0.15) is 36.1 Å². The topological polar surface area (TPSA) is 98.1 Å². The highest BCUT2D eigenvalue weighted by atomic mass is 35.5. The van der Waals surface area contributed by atoms with E-state index >= 15 is 0 Å². The molecule has 0 fully saturated rings. The Morgan fingerprint density at radius 2 is 1.94 bits per heavy atom. The van der Waals surface area contributed by atoms with Crippen molar-refractivity contribution in [3.63, 3.8) is 0 Å². The average Bonchev–Trinajstić information content (AvgIpc) is 3.23. The van der Waals surface area contributed by atoms with Crippen molar-refractivity contribution in [1.82, 2.24) is 20.1 Å². The summed E-state index contributed by atoms with van der Waals surface area (Å²) in [5, 5.41) is 15.8. The van der Waals surface area contributed by atoms with Crippen LogP contribution in [0.3, 0.4) is 0 Å². The summed E-state index contributed by atoms with van der Waals surface area (Å²) in [6.45, 7) is 8.18. The summed E-state index contributed by atoms with van der Waals surface area (Å²) in [5.74, 6) is 0.567. The number of carbonyl (C=O) groups excluding carboxylic acids is 2. The van der Waals surface area contributed by atoms with Crippen molar-refractivity contribution in [2.24, 2.45) is 5.92 Å². The molecule has 0 aliphatic heterocycles. The zero-order valence-corrected chi connectivity index (χ0v) is 22.5. The summed E-state index contributed by atoms with van der Waals surface area (Å²) in [6, 6.07) is 11.4. The van der Waals surface area contributed by atoms with Gasteiger partial charge in [0, 0.05) is 11.6 Å². The smallest absolute Gasteiger partial charge is 0.253 e. The number of nitrogens with zero attached hydrogens (tertiary/aromatic N) is 3. The van der Waals surface area contributed by atoms with Gasteiger partial charge in [-0.05, 0) is 36.2 Å². The van der Waals surface area contributed by atoms with Gasteiger partial charge in [0.1, 0.15) is 5.75 Å². The van der Waals surface area contributed by atoms with E-state index in [-0.39, 0.29) is 23.5 Å². The molecule has 2 aromatic carbocycles. The number of benzene rings is 2. The minimum Gasteiger partial charge on any atom is -0.495 e. The molecule has 0 aliphatic rings. The monoisotopic (exact) mass is 547 g/mol. The van der Waals surface area contributed by atoms with Gasteiger partial charge in [0.15, 0.2) is 11.0 Å². The second-order valence-corrected chi connectivity index (χ2v) is 9.88. The van der Waals surface area contributed by atoms with Crippen LogP contribution in [0.5, 0.6) is 5.75 Å². The Morgan fingerprint density at radius 3 is 2.61 bits per heavy atom. The molecular formula is C25H27Cl2N5O3S. The van der Waals surface area contributed by atoms with Crippen molar-refractivity contribution in [3.05, 3.63) is 76.6 Å². The largest absolute Gasteiger partial charge is 0.495 e. The molecule has 36 heavy (non-hydrogen) atoms. The van der Waals surface area contributed by atoms with Crippen LogP contribution in [0.15, 0.2) is 60.3 Å². The van der Waals surface area contributed by atoms with E-state index in [1.807, 2.05) is 18.4 Å². The second kappa shape index (κ2) is 12.8. The molecule has 2 amide bonds. The number of allylic oxidation sites excluding steroid dienone is 1. The number of nitrogens with one attached hydrogen (secondary N) is 2. The van der Waals surface area contributed by atoms with E-state index in [0.717, 1.165) is 0 Å². The van der Waals surface area contributed by atoms with Gasteiger partial charge in [-0.25, -0.2) is 0 Å². The normalized spacial score (nSPS) is 11.7. The van der Waals surface area contributed by atoms with Gasteiger partial charge in [-0.15, -0.1) is 16.8 Å². The van der Waals surface area contributed by atoms with Crippen LogP contribution in [0.4, 0.5) is 5.69 Å². The number of ether oxygens (including phenoxy) is 1. The molecule has 3 rings (SSSR count). The quantitative estimate of drug-likeness (QED) is 0.238. The standard InChI is InChI=1S/C25H27Cl2N5O3S/c1-5-12-32-23(22(15(2)3)29-24(34)17-8-6-7-9-18(17)27)30-31-25(32)36-14-21(33)28-19-13-16(26)10-11-20(19)35-4/h5-11,13,15,22H,1,12,14H2,2-4H3,(H,28,33)(H,29,34)/t22-/m0/s1. The van der Waals surface area contributed by atoms with Crippen molar-refractivity contribution in [2.45, 2.75) is 31.6 Å². The summed E-state index contributed by atoms with van der Waals surface area (Å²) in [4.78, 5) is 25.6. The third-order valence-electron chi connectivity index (χ3n) is 5.18. The minimum absolute atomic E-state index is 0.000598. The molecule has 3 aromatic rings. The lowest BCUT2D eigenvalue weighted by Crippen LogP contribution is -2.34. The number of rotatable bonds is 11. The van der Waals surface area contributed by atoms with Crippen LogP contribution in [-0.2, 0) is 11.3 Å². The van der Waals surface area contributed by atoms with Gasteiger partial charge in [0.2, 0.25) is 5.91 Å². The molecule has 1 atom stereocenters. The minimum atomic E-state index is -0.444. The van der Waals surface area contributed by atoms with Gasteiger partial charge in [0.25, 0.3) is 5.91 Å². The third kappa shape index (κ3) is 6.81. The van der Waals surface area contributed by atoms with Crippen molar-refractivity contribution in [3.8, 4) is 5.75 Å². The molecule has 0 spiro atoms. The van der Waals surface area contributed by atoms with E-state index in [0.29, 0.717) is 44.6 Å². The highest BCUT2D eigenvalue weighted by Gasteiger charge is 2.27. The maximum Gasteiger partial charge on any atom is 0.253 e. The summed E-state index contributed by atoms with van der Waals surface area (Å²) in [7, 11) is 1.52. The Labute approximate surface area is 224 Å². The van der Waals surface area contributed by atoms with E-state index < -0.39 is 6.04 Å². The first-order valence-electron chi connectivity index (χ1n) is 11.1. The molecule has 0 radical (unpaired) electrons. The molecule has 8 nitrogen and oxygen atoms in total. The van der Waals surface area contributed by atoms with Crippen molar-refractivity contribution < 1.29 is 14.3 Å². The van der Waals surface area contributed by atoms with Gasteiger partial charge in [-0.2, -0.15) is 0 Å². The molecule has 0 bridgehead atoms. The lowest BCUT2D eigenvalue weighted by atomic mass is 10.0. The predicted octanol–water partition coefficient (Wildman–Crippen LogP) is 5.64. The first kappa shape index (κ1) is 27.6. The lowest BCUT2D eigenvalue weighted by molar-refractivity contribution is -0.113. The molecular weight excluding hydrogens is 521 g/mol. The molecule has 0 aliphatic carbocycles. The number of amides is 2. The highest BCUT2D eigenvalue weighted by Crippen LogP contribution is 2.29. The van der Waals surface area contributed by atoms with Crippen LogP contribution in [-0.4, -0.2) is 39.4 Å². The van der Waals surface area contributed by atoms with Gasteiger partial charge in [0.05, 0.1) is 35.2 Å². The van der Waals surface area contributed by atoms with Gasteiger partial charge in [-0.3, -0.25) is 9.59 Å². The number of carbonyl (C=O) groups is 2. The van der Waals surface area contributed by atoms with Crippen molar-refractivity contribution >= 4 is 52.5 Å². The fourth-order valence-corrected chi connectivity index (χ4v) is 4.57. The molecule has 1 aromatic heterocycles. The second-order valence-electron chi connectivity index (χ2n) is 8.10. The van der Waals surface area contributed by atoms with Gasteiger partial charge in [-0.1, -0.05) is 67.0 Å². The molecule has 0 unspecified atom stereocenters. The number of hydrogen-bond donors (Lipinski definition) is 2. The Balaban J connectivity index is 1.77. The van der Waals surface area contributed by atoms with Crippen LogP contribution >= 0.6 is 35.0 Å². The first-order chi connectivity index (χ1) is 17.2. The van der Waals surface area contributed by atoms with Crippen LogP contribution in [0.25, 0.3) is 0 Å². The lowest BCUT2D eigenvalue weighted by Gasteiger charge is -2.23. The number of thioether (sulfide) groups is 1. The van der Waals surface area contributed by atoms with Crippen LogP contribution in [0.2, 0.25) is 10.0 Å². The Bertz CT molecular complexity index is 1250. The number of anilines is 1. The number of aromatic nitrogens is 3. The molecule has 2 N–H and O–H groups in total. The molecule has 11 heteroatoms. The predicted molar refractivity (Wildman–Crippen MR) is 144 cm³/mol. The van der Waals surface area contributed by atoms with Gasteiger partial charge >= 0.3 is 0 Å². The van der Waals surface area contributed by atoms with Crippen LogP contribution < -0.4 is 15.4 Å².